The van der Waals surface area contributed by atoms with Crippen molar-refractivity contribution in [1.29, 1.82) is 0 Å². The van der Waals surface area contributed by atoms with E-state index in [1.54, 1.807) is 0 Å². The van der Waals surface area contributed by atoms with E-state index in [1.807, 2.05) is 45.9 Å². The van der Waals surface area contributed by atoms with Crippen LogP contribution in [0.3, 0.4) is 0 Å². The van der Waals surface area contributed by atoms with Crippen molar-refractivity contribution in [2.24, 2.45) is 0 Å². The first-order valence-electron chi connectivity index (χ1n) is 5.19. The maximum atomic E-state index is 5.25. The molecule has 0 aliphatic heterocycles. The van der Waals surface area contributed by atoms with Gasteiger partial charge in [-0.2, -0.15) is 0 Å². The highest BCUT2D eigenvalue weighted by molar-refractivity contribution is 5.11. The van der Waals surface area contributed by atoms with E-state index in [0.29, 0.717) is 12.2 Å². The third kappa shape index (κ3) is 9.27. The Kier molecular flexibility index (Phi) is 7.13. The summed E-state index contributed by atoms with van der Waals surface area (Å²) < 4.78 is 5.25. The third-order valence-electron chi connectivity index (χ3n) is 1.48. The minimum Gasteiger partial charge on any atom is -0.376 e. The van der Waals surface area contributed by atoms with E-state index in [4.69, 9.17) is 4.74 Å². The summed E-state index contributed by atoms with van der Waals surface area (Å²) in [7, 11) is 0. The van der Waals surface area contributed by atoms with Gasteiger partial charge in [0, 0.05) is 0 Å². The molecule has 0 N–H and O–H groups in total. The molecule has 1 aromatic carbocycles. The van der Waals surface area contributed by atoms with Crippen LogP contribution in [0.15, 0.2) is 30.3 Å². The van der Waals surface area contributed by atoms with Crippen LogP contribution in [0.25, 0.3) is 0 Å². The summed E-state index contributed by atoms with van der Waals surface area (Å²) in [6, 6.07) is 10.3. The third-order valence-corrected chi connectivity index (χ3v) is 1.48. The SMILES string of the molecule is CC(C)OC(C)C.Cc1ccccc1. The van der Waals surface area contributed by atoms with E-state index in [2.05, 4.69) is 19.1 Å². The molecule has 0 amide bonds. The smallest absolute Gasteiger partial charge is 0.0522 e. The van der Waals surface area contributed by atoms with Gasteiger partial charge in [-0.25, -0.2) is 0 Å². The highest BCUT2D eigenvalue weighted by Gasteiger charge is 1.94. The van der Waals surface area contributed by atoms with Gasteiger partial charge in [-0.05, 0) is 34.6 Å². The molecule has 1 nitrogen and oxygen atoms in total. The molecule has 0 heterocycles. The second kappa shape index (κ2) is 7.57. The maximum absolute atomic E-state index is 5.25. The number of hydrogen-bond donors (Lipinski definition) is 0. The first-order chi connectivity index (χ1) is 6.52. The molecular formula is C13H22O. The predicted octanol–water partition coefficient (Wildman–Crippen LogP) is 3.81. The fourth-order valence-electron chi connectivity index (χ4n) is 1.08. The molecule has 14 heavy (non-hydrogen) atoms. The van der Waals surface area contributed by atoms with Gasteiger partial charge >= 0.3 is 0 Å². The highest BCUT2D eigenvalue weighted by Crippen LogP contribution is 1.93. The lowest BCUT2D eigenvalue weighted by molar-refractivity contribution is 0.0300. The maximum Gasteiger partial charge on any atom is 0.0522 e. The van der Waals surface area contributed by atoms with Crippen molar-refractivity contribution in [3.63, 3.8) is 0 Å². The average Bonchev–Trinajstić information content (AvgIpc) is 2.03. The Labute approximate surface area is 88.1 Å². The molecule has 0 aliphatic carbocycles. The van der Waals surface area contributed by atoms with Crippen LogP contribution in [-0.2, 0) is 4.74 Å². The number of hydrogen-bond acceptors (Lipinski definition) is 1. The standard InChI is InChI=1S/C7H8.C6H14O/c1-7-5-3-2-4-6-7;1-5(2)7-6(3)4/h2-6H,1H3;5-6H,1-4H3. The lowest BCUT2D eigenvalue weighted by Crippen LogP contribution is -2.09. The summed E-state index contributed by atoms with van der Waals surface area (Å²) in [5.74, 6) is 0. The van der Waals surface area contributed by atoms with Crippen molar-refractivity contribution in [3.8, 4) is 0 Å². The molecule has 0 fully saturated rings. The quantitative estimate of drug-likeness (QED) is 0.695. The Morgan fingerprint density at radius 1 is 0.857 bits per heavy atom. The summed E-state index contributed by atoms with van der Waals surface area (Å²) in [6.45, 7) is 10.2. The molecule has 0 bridgehead atoms. The van der Waals surface area contributed by atoms with E-state index >= 15 is 0 Å². The number of rotatable bonds is 2. The van der Waals surface area contributed by atoms with E-state index in [-0.39, 0.29) is 0 Å². The zero-order valence-electron chi connectivity index (χ0n) is 9.95. The highest BCUT2D eigenvalue weighted by atomic mass is 16.5. The Hall–Kier alpha value is -0.820. The second-order valence-corrected chi connectivity index (χ2v) is 3.89. The molecule has 0 atom stereocenters. The van der Waals surface area contributed by atoms with Gasteiger partial charge in [0.05, 0.1) is 12.2 Å². The summed E-state index contributed by atoms with van der Waals surface area (Å²) in [4.78, 5) is 0. The molecule has 1 aromatic rings. The van der Waals surface area contributed by atoms with Gasteiger partial charge in [-0.15, -0.1) is 0 Å². The zero-order chi connectivity index (χ0) is 11.0. The van der Waals surface area contributed by atoms with Crippen molar-refractivity contribution in [2.45, 2.75) is 46.8 Å². The minimum atomic E-state index is 0.375. The van der Waals surface area contributed by atoms with Crippen LogP contribution in [-0.4, -0.2) is 12.2 Å². The van der Waals surface area contributed by atoms with Gasteiger partial charge < -0.3 is 4.74 Å². The number of ether oxygens (including phenoxy) is 1. The van der Waals surface area contributed by atoms with Gasteiger partial charge in [0.2, 0.25) is 0 Å². The average molecular weight is 194 g/mol. The number of aryl methyl sites for hydroxylation is 1. The van der Waals surface area contributed by atoms with Gasteiger partial charge in [-0.3, -0.25) is 0 Å². The van der Waals surface area contributed by atoms with Crippen LogP contribution < -0.4 is 0 Å². The molecule has 0 spiro atoms. The topological polar surface area (TPSA) is 9.23 Å². The monoisotopic (exact) mass is 194 g/mol. The van der Waals surface area contributed by atoms with Crippen molar-refractivity contribution >= 4 is 0 Å². The first-order valence-corrected chi connectivity index (χ1v) is 5.19. The van der Waals surface area contributed by atoms with Crippen molar-refractivity contribution in [3.05, 3.63) is 35.9 Å². The van der Waals surface area contributed by atoms with Gasteiger partial charge in [-0.1, -0.05) is 35.9 Å². The largest absolute Gasteiger partial charge is 0.376 e. The lowest BCUT2D eigenvalue weighted by atomic mass is 10.2. The molecule has 0 radical (unpaired) electrons. The van der Waals surface area contributed by atoms with Crippen molar-refractivity contribution in [1.82, 2.24) is 0 Å². The Morgan fingerprint density at radius 2 is 1.29 bits per heavy atom. The van der Waals surface area contributed by atoms with E-state index < -0.39 is 0 Å². The predicted molar refractivity (Wildman–Crippen MR) is 62.5 cm³/mol. The molecule has 0 saturated carbocycles. The zero-order valence-corrected chi connectivity index (χ0v) is 9.95. The first kappa shape index (κ1) is 13.2. The molecule has 0 aromatic heterocycles. The van der Waals surface area contributed by atoms with Crippen LogP contribution in [0.5, 0.6) is 0 Å². The van der Waals surface area contributed by atoms with Gasteiger partial charge in [0.1, 0.15) is 0 Å². The van der Waals surface area contributed by atoms with Crippen LogP contribution >= 0.6 is 0 Å². The fraction of sp³-hybridized carbons (Fsp3) is 0.538. The summed E-state index contributed by atoms with van der Waals surface area (Å²) in [5, 5.41) is 0. The molecule has 0 unspecified atom stereocenters. The van der Waals surface area contributed by atoms with Gasteiger partial charge in [0.15, 0.2) is 0 Å². The van der Waals surface area contributed by atoms with Crippen LogP contribution in [0.1, 0.15) is 33.3 Å². The normalized spacial score (nSPS) is 9.93. The van der Waals surface area contributed by atoms with E-state index in [1.165, 1.54) is 5.56 Å². The van der Waals surface area contributed by atoms with Gasteiger partial charge in [0.25, 0.3) is 0 Å². The second-order valence-electron chi connectivity index (χ2n) is 3.89. The van der Waals surface area contributed by atoms with Crippen molar-refractivity contribution in [2.75, 3.05) is 0 Å². The van der Waals surface area contributed by atoms with Crippen LogP contribution in [0, 0.1) is 6.92 Å². The minimum absolute atomic E-state index is 0.375. The van der Waals surface area contributed by atoms with Crippen molar-refractivity contribution < 1.29 is 4.74 Å². The molecular weight excluding hydrogens is 172 g/mol. The Balaban J connectivity index is 0.000000241. The summed E-state index contributed by atoms with van der Waals surface area (Å²) in [6.07, 6.45) is 0.750. The molecule has 0 aliphatic rings. The molecule has 0 saturated heterocycles. The van der Waals surface area contributed by atoms with Crippen LogP contribution in [0.4, 0.5) is 0 Å². The Bertz CT molecular complexity index is 208. The molecule has 1 rings (SSSR count). The fourth-order valence-corrected chi connectivity index (χ4v) is 1.08. The lowest BCUT2D eigenvalue weighted by Gasteiger charge is -2.09. The summed E-state index contributed by atoms with van der Waals surface area (Å²) >= 11 is 0. The Morgan fingerprint density at radius 3 is 1.43 bits per heavy atom. The van der Waals surface area contributed by atoms with Crippen LogP contribution in [0.2, 0.25) is 0 Å². The van der Waals surface area contributed by atoms with E-state index in [0.717, 1.165) is 0 Å². The van der Waals surface area contributed by atoms with E-state index in [9.17, 15) is 0 Å². The summed E-state index contributed by atoms with van der Waals surface area (Å²) in [5.41, 5.74) is 1.32. The molecule has 1 heteroatoms. The molecule has 80 valence electrons. The number of benzene rings is 1.